The average Bonchev–Trinajstić information content (AvgIpc) is 2.92. The second kappa shape index (κ2) is 8.19. The van der Waals surface area contributed by atoms with Crippen molar-refractivity contribution >= 4 is 0 Å². The maximum Gasteiger partial charge on any atom is 0.161 e. The van der Waals surface area contributed by atoms with E-state index in [1.165, 1.54) is 22.4 Å². The predicted octanol–water partition coefficient (Wildman–Crippen LogP) is 5.24. The topological polar surface area (TPSA) is 30.7 Å². The number of rotatable bonds is 8. The predicted molar refractivity (Wildman–Crippen MR) is 97.0 cm³/mol. The van der Waals surface area contributed by atoms with Crippen LogP contribution < -0.4 is 0 Å². The first-order chi connectivity index (χ1) is 11.8. The highest BCUT2D eigenvalue weighted by Crippen LogP contribution is 2.24. The van der Waals surface area contributed by atoms with Crippen molar-refractivity contribution in [1.82, 2.24) is 14.8 Å². The monoisotopic (exact) mass is 345 g/mol. The van der Waals surface area contributed by atoms with Gasteiger partial charge in [0.15, 0.2) is 11.6 Å². The number of hydrogen-bond donors (Lipinski definition) is 0. The van der Waals surface area contributed by atoms with E-state index in [1.54, 1.807) is 7.05 Å². The number of nitrogens with zero attached hydrogens (tertiary/aromatic N) is 3. The van der Waals surface area contributed by atoms with Gasteiger partial charge in [0.2, 0.25) is 0 Å². The lowest BCUT2D eigenvalue weighted by atomic mass is 9.92. The van der Waals surface area contributed by atoms with Crippen LogP contribution >= 0.6 is 0 Å². The Morgan fingerprint density at radius 2 is 2.00 bits per heavy atom. The first-order valence-electron chi connectivity index (χ1n) is 8.51. The van der Waals surface area contributed by atoms with Crippen molar-refractivity contribution in [3.63, 3.8) is 0 Å². The van der Waals surface area contributed by atoms with E-state index in [9.17, 15) is 8.78 Å². The summed E-state index contributed by atoms with van der Waals surface area (Å²) in [6.07, 6.45) is 3.29. The maximum atomic E-state index is 13.9. The Morgan fingerprint density at radius 1 is 1.28 bits per heavy atom. The molecule has 0 aliphatic heterocycles. The average molecular weight is 345 g/mol. The van der Waals surface area contributed by atoms with Crippen molar-refractivity contribution in [1.29, 1.82) is 0 Å². The first kappa shape index (κ1) is 19.0. The SMILES string of the molecule is C=C(CCc1nc(-c2ccc(F)cc2F)n(C)n1)CC(C)C(=C)CC. The Bertz CT molecular complexity index is 777. The van der Waals surface area contributed by atoms with Crippen LogP contribution in [0.15, 0.2) is 42.5 Å². The van der Waals surface area contributed by atoms with Gasteiger partial charge in [-0.1, -0.05) is 38.2 Å². The van der Waals surface area contributed by atoms with Gasteiger partial charge in [0.25, 0.3) is 0 Å². The van der Waals surface area contributed by atoms with E-state index >= 15 is 0 Å². The zero-order chi connectivity index (χ0) is 18.6. The number of allylic oxidation sites excluding steroid dienone is 2. The number of benzene rings is 1. The maximum absolute atomic E-state index is 13.9. The third-order valence-electron chi connectivity index (χ3n) is 4.43. The van der Waals surface area contributed by atoms with E-state index in [1.807, 2.05) is 0 Å². The molecule has 0 saturated heterocycles. The van der Waals surface area contributed by atoms with Crippen LogP contribution in [0.3, 0.4) is 0 Å². The quantitative estimate of drug-likeness (QED) is 0.612. The molecule has 134 valence electrons. The second-order valence-electron chi connectivity index (χ2n) is 6.47. The Hall–Kier alpha value is -2.30. The lowest BCUT2D eigenvalue weighted by Crippen LogP contribution is -2.01. The van der Waals surface area contributed by atoms with Gasteiger partial charge in [-0.25, -0.2) is 18.4 Å². The molecule has 2 rings (SSSR count). The Morgan fingerprint density at radius 3 is 2.64 bits per heavy atom. The van der Waals surface area contributed by atoms with Gasteiger partial charge in [0.05, 0.1) is 5.56 Å². The van der Waals surface area contributed by atoms with Crippen molar-refractivity contribution in [3.05, 3.63) is 60.0 Å². The summed E-state index contributed by atoms with van der Waals surface area (Å²) in [6, 6.07) is 3.46. The summed E-state index contributed by atoms with van der Waals surface area (Å²) < 4.78 is 28.5. The molecule has 1 unspecified atom stereocenters. The third-order valence-corrected chi connectivity index (χ3v) is 4.43. The second-order valence-corrected chi connectivity index (χ2v) is 6.47. The Kier molecular flexibility index (Phi) is 6.23. The molecule has 0 fully saturated rings. The smallest absolute Gasteiger partial charge is 0.161 e. The summed E-state index contributed by atoms with van der Waals surface area (Å²) in [5.74, 6) is 0.189. The lowest BCUT2D eigenvalue weighted by molar-refractivity contribution is 0.583. The van der Waals surface area contributed by atoms with Crippen LogP contribution in [0.4, 0.5) is 8.78 Å². The van der Waals surface area contributed by atoms with Crippen molar-refractivity contribution in [2.45, 2.75) is 39.5 Å². The molecule has 1 atom stereocenters. The molecule has 0 saturated carbocycles. The van der Waals surface area contributed by atoms with Gasteiger partial charge in [-0.15, -0.1) is 0 Å². The number of aryl methyl sites for hydroxylation is 2. The summed E-state index contributed by atoms with van der Waals surface area (Å²) in [5.41, 5.74) is 2.60. The van der Waals surface area contributed by atoms with Crippen LogP contribution in [-0.4, -0.2) is 14.8 Å². The zero-order valence-electron chi connectivity index (χ0n) is 15.1. The van der Waals surface area contributed by atoms with Crippen molar-refractivity contribution < 1.29 is 8.78 Å². The molecule has 0 spiro atoms. The molecule has 0 aliphatic rings. The van der Waals surface area contributed by atoms with E-state index in [4.69, 9.17) is 0 Å². The molecule has 1 aromatic heterocycles. The van der Waals surface area contributed by atoms with Gasteiger partial charge in [0, 0.05) is 19.5 Å². The third kappa shape index (κ3) is 4.84. The molecule has 3 nitrogen and oxygen atoms in total. The Balaban J connectivity index is 2.03. The summed E-state index contributed by atoms with van der Waals surface area (Å²) in [5, 5.41) is 4.34. The molecule has 0 amide bonds. The van der Waals surface area contributed by atoms with E-state index in [0.717, 1.165) is 30.9 Å². The minimum atomic E-state index is -0.640. The van der Waals surface area contributed by atoms with Crippen LogP contribution in [0.1, 0.15) is 38.9 Å². The normalized spacial score (nSPS) is 12.2. The molecule has 0 bridgehead atoms. The van der Waals surface area contributed by atoms with Gasteiger partial charge >= 0.3 is 0 Å². The van der Waals surface area contributed by atoms with Gasteiger partial charge < -0.3 is 0 Å². The van der Waals surface area contributed by atoms with E-state index in [-0.39, 0.29) is 5.56 Å². The molecule has 0 aliphatic carbocycles. The van der Waals surface area contributed by atoms with Gasteiger partial charge in [0.1, 0.15) is 11.6 Å². The number of hydrogen-bond acceptors (Lipinski definition) is 2. The summed E-state index contributed by atoms with van der Waals surface area (Å²) in [6.45, 7) is 12.5. The van der Waals surface area contributed by atoms with Gasteiger partial charge in [-0.05, 0) is 37.3 Å². The summed E-state index contributed by atoms with van der Waals surface area (Å²) >= 11 is 0. The molecule has 5 heteroatoms. The van der Waals surface area contributed by atoms with Crippen molar-refractivity contribution in [3.8, 4) is 11.4 Å². The van der Waals surface area contributed by atoms with Crippen LogP contribution in [-0.2, 0) is 13.5 Å². The summed E-state index contributed by atoms with van der Waals surface area (Å²) in [7, 11) is 1.71. The molecule has 0 radical (unpaired) electrons. The largest absolute Gasteiger partial charge is 0.249 e. The molecule has 25 heavy (non-hydrogen) atoms. The number of aromatic nitrogens is 3. The highest BCUT2D eigenvalue weighted by Gasteiger charge is 2.15. The fourth-order valence-electron chi connectivity index (χ4n) is 2.77. The highest BCUT2D eigenvalue weighted by molar-refractivity contribution is 5.56. The van der Waals surface area contributed by atoms with Crippen molar-refractivity contribution in [2.75, 3.05) is 0 Å². The lowest BCUT2D eigenvalue weighted by Gasteiger charge is -2.14. The molecular formula is C20H25F2N3. The standard InChI is InChI=1S/C20H25F2N3/c1-6-14(3)15(4)11-13(2)7-10-19-23-20(25(5)24-19)17-9-8-16(21)12-18(17)22/h8-9,12,15H,2-3,6-7,10-11H2,1,4-5H3. The van der Waals surface area contributed by atoms with E-state index in [2.05, 4.69) is 37.1 Å². The minimum Gasteiger partial charge on any atom is -0.249 e. The van der Waals surface area contributed by atoms with Crippen LogP contribution in [0.2, 0.25) is 0 Å². The van der Waals surface area contributed by atoms with E-state index in [0.29, 0.717) is 24.0 Å². The highest BCUT2D eigenvalue weighted by atomic mass is 19.1. The van der Waals surface area contributed by atoms with Crippen molar-refractivity contribution in [2.24, 2.45) is 13.0 Å². The molecule has 1 heterocycles. The zero-order valence-corrected chi connectivity index (χ0v) is 15.1. The molecule has 0 N–H and O–H groups in total. The fraction of sp³-hybridized carbons (Fsp3) is 0.400. The first-order valence-corrected chi connectivity index (χ1v) is 8.51. The van der Waals surface area contributed by atoms with E-state index < -0.39 is 11.6 Å². The fourth-order valence-corrected chi connectivity index (χ4v) is 2.77. The molecule has 2 aromatic rings. The van der Waals surface area contributed by atoms with Gasteiger partial charge in [-0.3, -0.25) is 0 Å². The van der Waals surface area contributed by atoms with Crippen LogP contribution in [0.25, 0.3) is 11.4 Å². The minimum absolute atomic E-state index is 0.245. The number of halogens is 2. The van der Waals surface area contributed by atoms with Crippen LogP contribution in [0, 0.1) is 17.6 Å². The van der Waals surface area contributed by atoms with Crippen LogP contribution in [0.5, 0.6) is 0 Å². The molecular weight excluding hydrogens is 320 g/mol. The summed E-state index contributed by atoms with van der Waals surface area (Å²) in [4.78, 5) is 4.40. The Labute approximate surface area is 148 Å². The van der Waals surface area contributed by atoms with Gasteiger partial charge in [-0.2, -0.15) is 5.10 Å². The molecule has 1 aromatic carbocycles.